The molecular formula is C14H30N2O2. The normalized spacial score (nSPS) is 14.9. The van der Waals surface area contributed by atoms with Crippen molar-refractivity contribution < 1.29 is 9.53 Å². The van der Waals surface area contributed by atoms with Gasteiger partial charge >= 0.3 is 5.97 Å². The summed E-state index contributed by atoms with van der Waals surface area (Å²) in [6, 6.07) is 0.503. The summed E-state index contributed by atoms with van der Waals surface area (Å²) in [6.45, 7) is 13.3. The second-order valence-corrected chi connectivity index (χ2v) is 5.22. The highest BCUT2D eigenvalue weighted by molar-refractivity contribution is 5.80. The van der Waals surface area contributed by atoms with Crippen molar-refractivity contribution in [1.82, 2.24) is 10.2 Å². The number of ether oxygens (including phenoxy) is 1. The van der Waals surface area contributed by atoms with E-state index in [1.165, 1.54) is 7.11 Å². The molecule has 0 saturated carbocycles. The molecule has 0 radical (unpaired) electrons. The second kappa shape index (κ2) is 8.48. The van der Waals surface area contributed by atoms with E-state index >= 15 is 0 Å². The van der Waals surface area contributed by atoms with E-state index < -0.39 is 5.54 Å². The maximum atomic E-state index is 11.9. The van der Waals surface area contributed by atoms with Crippen molar-refractivity contribution in [2.75, 3.05) is 26.7 Å². The fraction of sp³-hybridized carbons (Fsp3) is 0.929. The Bertz CT molecular complexity index is 244. The number of rotatable bonds is 9. The summed E-state index contributed by atoms with van der Waals surface area (Å²) < 4.78 is 4.92. The Labute approximate surface area is 112 Å². The first kappa shape index (κ1) is 17.4. The molecule has 0 fully saturated rings. The zero-order valence-electron chi connectivity index (χ0n) is 12.9. The van der Waals surface area contributed by atoms with Crippen LogP contribution in [0.2, 0.25) is 0 Å². The van der Waals surface area contributed by atoms with Gasteiger partial charge in [0.05, 0.1) is 7.11 Å². The summed E-state index contributed by atoms with van der Waals surface area (Å²) in [5, 5.41) is 3.31. The Morgan fingerprint density at radius 2 is 2.00 bits per heavy atom. The lowest BCUT2D eigenvalue weighted by molar-refractivity contribution is -0.148. The summed E-state index contributed by atoms with van der Waals surface area (Å²) in [5.74, 6) is -0.171. The van der Waals surface area contributed by atoms with Crippen molar-refractivity contribution in [1.29, 1.82) is 0 Å². The molecule has 0 amide bonds. The molecule has 0 aliphatic carbocycles. The number of carbonyl (C=O) groups excluding carboxylic acids is 1. The van der Waals surface area contributed by atoms with Crippen LogP contribution in [0.3, 0.4) is 0 Å². The average Bonchev–Trinajstić information content (AvgIpc) is 2.35. The smallest absolute Gasteiger partial charge is 0.325 e. The van der Waals surface area contributed by atoms with Crippen molar-refractivity contribution in [2.24, 2.45) is 0 Å². The molecule has 0 heterocycles. The van der Waals surface area contributed by atoms with Crippen molar-refractivity contribution in [3.8, 4) is 0 Å². The van der Waals surface area contributed by atoms with E-state index in [-0.39, 0.29) is 5.97 Å². The van der Waals surface area contributed by atoms with Crippen LogP contribution in [0.5, 0.6) is 0 Å². The second-order valence-electron chi connectivity index (χ2n) is 5.22. The average molecular weight is 258 g/mol. The minimum Gasteiger partial charge on any atom is -0.468 e. The van der Waals surface area contributed by atoms with Crippen molar-refractivity contribution >= 4 is 5.97 Å². The predicted molar refractivity (Wildman–Crippen MR) is 75.7 cm³/mol. The summed E-state index contributed by atoms with van der Waals surface area (Å²) in [4.78, 5) is 14.3. The van der Waals surface area contributed by atoms with Gasteiger partial charge in [-0.15, -0.1) is 0 Å². The van der Waals surface area contributed by atoms with Crippen LogP contribution >= 0.6 is 0 Å². The van der Waals surface area contributed by atoms with Crippen LogP contribution in [-0.2, 0) is 9.53 Å². The topological polar surface area (TPSA) is 41.6 Å². The van der Waals surface area contributed by atoms with Gasteiger partial charge in [-0.25, -0.2) is 0 Å². The van der Waals surface area contributed by atoms with Crippen LogP contribution in [0.25, 0.3) is 0 Å². The van der Waals surface area contributed by atoms with Gasteiger partial charge in [-0.05, 0) is 46.7 Å². The van der Waals surface area contributed by atoms with Crippen LogP contribution in [0.15, 0.2) is 0 Å². The Morgan fingerprint density at radius 3 is 2.39 bits per heavy atom. The Balaban J connectivity index is 4.54. The maximum Gasteiger partial charge on any atom is 0.325 e. The number of hydrogen-bond donors (Lipinski definition) is 1. The Hall–Kier alpha value is -0.610. The van der Waals surface area contributed by atoms with Gasteiger partial charge in [0.15, 0.2) is 0 Å². The molecule has 0 saturated heterocycles. The standard InChI is InChI=1S/C14H30N2O2/c1-7-10-15-14(5,13(17)18-6)9-11-16(8-2)12(3)4/h12,15H,7-11H2,1-6H3. The molecule has 108 valence electrons. The van der Waals surface area contributed by atoms with E-state index in [0.29, 0.717) is 6.04 Å². The molecule has 0 aromatic rings. The molecule has 4 nitrogen and oxygen atoms in total. The molecule has 1 N–H and O–H groups in total. The molecule has 0 spiro atoms. The van der Waals surface area contributed by atoms with Gasteiger partial charge in [-0.2, -0.15) is 0 Å². The molecular weight excluding hydrogens is 228 g/mol. The van der Waals surface area contributed by atoms with Gasteiger partial charge in [-0.1, -0.05) is 13.8 Å². The molecule has 0 aromatic heterocycles. The number of hydrogen-bond acceptors (Lipinski definition) is 4. The molecule has 18 heavy (non-hydrogen) atoms. The molecule has 1 unspecified atom stereocenters. The van der Waals surface area contributed by atoms with Crippen molar-refractivity contribution in [3.63, 3.8) is 0 Å². The molecule has 0 rings (SSSR count). The van der Waals surface area contributed by atoms with Crippen molar-refractivity contribution in [2.45, 2.75) is 59.0 Å². The van der Waals surface area contributed by atoms with E-state index in [1.807, 2.05) is 6.92 Å². The van der Waals surface area contributed by atoms with E-state index in [0.717, 1.165) is 32.5 Å². The van der Waals surface area contributed by atoms with Gasteiger partial charge in [0.25, 0.3) is 0 Å². The molecule has 1 atom stereocenters. The lowest BCUT2D eigenvalue weighted by atomic mass is 9.97. The van der Waals surface area contributed by atoms with E-state index in [4.69, 9.17) is 4.74 Å². The van der Waals surface area contributed by atoms with E-state index in [9.17, 15) is 4.79 Å². The van der Waals surface area contributed by atoms with Crippen LogP contribution in [-0.4, -0.2) is 49.2 Å². The molecule has 0 aliphatic rings. The van der Waals surface area contributed by atoms with Gasteiger partial charge in [0.2, 0.25) is 0 Å². The SMILES string of the molecule is CCCNC(C)(CCN(CC)C(C)C)C(=O)OC. The van der Waals surface area contributed by atoms with E-state index in [1.54, 1.807) is 0 Å². The molecule has 4 heteroatoms. The largest absolute Gasteiger partial charge is 0.468 e. The van der Waals surface area contributed by atoms with Gasteiger partial charge in [0, 0.05) is 12.6 Å². The number of nitrogens with zero attached hydrogens (tertiary/aromatic N) is 1. The number of esters is 1. The fourth-order valence-electron chi connectivity index (χ4n) is 2.04. The minimum atomic E-state index is -0.576. The van der Waals surface area contributed by atoms with Gasteiger partial charge in [-0.3, -0.25) is 4.79 Å². The zero-order valence-corrected chi connectivity index (χ0v) is 12.9. The lowest BCUT2D eigenvalue weighted by Crippen LogP contribution is -2.52. The summed E-state index contributed by atoms with van der Waals surface area (Å²) >= 11 is 0. The highest BCUT2D eigenvalue weighted by Gasteiger charge is 2.33. The molecule has 0 aromatic carbocycles. The third kappa shape index (κ3) is 5.36. The predicted octanol–water partition coefficient (Wildman–Crippen LogP) is 2.04. The first-order valence-electron chi connectivity index (χ1n) is 6.98. The molecule has 0 bridgehead atoms. The van der Waals surface area contributed by atoms with Crippen LogP contribution < -0.4 is 5.32 Å². The minimum absolute atomic E-state index is 0.171. The first-order chi connectivity index (χ1) is 8.41. The van der Waals surface area contributed by atoms with Gasteiger partial charge < -0.3 is 15.0 Å². The van der Waals surface area contributed by atoms with Crippen LogP contribution in [0.4, 0.5) is 0 Å². The fourth-order valence-corrected chi connectivity index (χ4v) is 2.04. The summed E-state index contributed by atoms with van der Waals surface area (Å²) in [7, 11) is 1.45. The third-order valence-corrected chi connectivity index (χ3v) is 3.44. The summed E-state index contributed by atoms with van der Waals surface area (Å²) in [6.07, 6.45) is 1.78. The van der Waals surface area contributed by atoms with E-state index in [2.05, 4.69) is 37.9 Å². The number of methoxy groups -OCH3 is 1. The highest BCUT2D eigenvalue weighted by atomic mass is 16.5. The number of nitrogens with one attached hydrogen (secondary N) is 1. The number of carbonyl (C=O) groups is 1. The molecule has 0 aliphatic heterocycles. The maximum absolute atomic E-state index is 11.9. The zero-order chi connectivity index (χ0) is 14.2. The summed E-state index contributed by atoms with van der Waals surface area (Å²) in [5.41, 5.74) is -0.576. The monoisotopic (exact) mass is 258 g/mol. The first-order valence-corrected chi connectivity index (χ1v) is 6.98. The Morgan fingerprint density at radius 1 is 1.39 bits per heavy atom. The third-order valence-electron chi connectivity index (χ3n) is 3.44. The van der Waals surface area contributed by atoms with Crippen LogP contribution in [0.1, 0.15) is 47.5 Å². The Kier molecular flexibility index (Phi) is 8.20. The quantitative estimate of drug-likeness (QED) is 0.643. The lowest BCUT2D eigenvalue weighted by Gasteiger charge is -2.32. The van der Waals surface area contributed by atoms with Gasteiger partial charge in [0.1, 0.15) is 5.54 Å². The van der Waals surface area contributed by atoms with Crippen molar-refractivity contribution in [3.05, 3.63) is 0 Å². The highest BCUT2D eigenvalue weighted by Crippen LogP contribution is 2.14. The van der Waals surface area contributed by atoms with Crippen LogP contribution in [0, 0.1) is 0 Å².